The minimum atomic E-state index is 0.0995. The van der Waals surface area contributed by atoms with E-state index in [-0.39, 0.29) is 5.41 Å². The molecule has 0 aliphatic rings. The van der Waals surface area contributed by atoms with E-state index >= 15 is 0 Å². The molecule has 0 unspecified atom stereocenters. The van der Waals surface area contributed by atoms with Crippen molar-refractivity contribution < 1.29 is 4.57 Å². The normalized spacial score (nSPS) is 10.0. The average Bonchev–Trinajstić information content (AvgIpc) is 2.93. The summed E-state index contributed by atoms with van der Waals surface area (Å²) in [7, 11) is 1.88. The number of anilines is 3. The van der Waals surface area contributed by atoms with Crippen molar-refractivity contribution in [1.29, 1.82) is 0 Å². The van der Waals surface area contributed by atoms with Crippen molar-refractivity contribution >= 4 is 17.3 Å². The van der Waals surface area contributed by atoms with Gasteiger partial charge in [-0.25, -0.2) is 9.55 Å². The monoisotopic (exact) mass is 321 g/mol. The fourth-order valence-corrected chi connectivity index (χ4v) is 1.48. The summed E-state index contributed by atoms with van der Waals surface area (Å²) in [5, 5.41) is 3.30. The van der Waals surface area contributed by atoms with Crippen molar-refractivity contribution in [2.75, 3.05) is 29.9 Å². The quantitative estimate of drug-likeness (QED) is 0.439. The number of nitrogens with one attached hydrogen (secondary N) is 2. The minimum absolute atomic E-state index is 0.0995. The van der Waals surface area contributed by atoms with Crippen LogP contribution in [0, 0.1) is 5.41 Å². The number of para-hydroxylation sites is 2. The highest BCUT2D eigenvalue weighted by Gasteiger charge is 2.15. The lowest BCUT2D eigenvalue weighted by Gasteiger charge is -2.23. The van der Waals surface area contributed by atoms with E-state index in [0.29, 0.717) is 12.5 Å². The molecule has 2 rings (SSSR count). The van der Waals surface area contributed by atoms with Gasteiger partial charge in [0, 0.05) is 6.54 Å². The number of hydrogen-bond donors (Lipinski definition) is 5. The van der Waals surface area contributed by atoms with Gasteiger partial charge in [-0.05, 0) is 24.1 Å². The topological polar surface area (TPSA) is 110 Å². The molecule has 0 saturated heterocycles. The lowest BCUT2D eigenvalue weighted by Crippen LogP contribution is -2.31. The van der Waals surface area contributed by atoms with Gasteiger partial charge in [-0.3, -0.25) is 5.73 Å². The highest BCUT2D eigenvalue weighted by Crippen LogP contribution is 2.20. The maximum Gasteiger partial charge on any atom is 0.352 e. The molecule has 0 bridgehead atoms. The van der Waals surface area contributed by atoms with E-state index in [1.165, 1.54) is 0 Å². The first-order valence-corrected chi connectivity index (χ1v) is 7.92. The molecule has 0 spiro atoms. The van der Waals surface area contributed by atoms with Crippen molar-refractivity contribution in [3.05, 3.63) is 36.7 Å². The van der Waals surface area contributed by atoms with Crippen LogP contribution in [0.1, 0.15) is 27.7 Å². The van der Waals surface area contributed by atoms with Crippen molar-refractivity contribution in [2.45, 2.75) is 27.7 Å². The fourth-order valence-electron chi connectivity index (χ4n) is 1.48. The van der Waals surface area contributed by atoms with Crippen LogP contribution in [0.25, 0.3) is 0 Å². The summed E-state index contributed by atoms with van der Waals surface area (Å²) in [6.45, 7) is 9.74. The third-order valence-corrected chi connectivity index (χ3v) is 3.18. The molecule has 0 radical (unpaired) electrons. The number of rotatable bonds is 4. The zero-order valence-electron chi connectivity index (χ0n) is 15.1. The van der Waals surface area contributed by atoms with Gasteiger partial charge < -0.3 is 16.8 Å². The fraction of sp³-hybridized carbons (Fsp3) is 0.471. The van der Waals surface area contributed by atoms with Crippen LogP contribution >= 0.6 is 0 Å². The minimum Gasteiger partial charge on any atom is -0.397 e. The molecule has 0 fully saturated rings. The number of aromatic nitrogens is 2. The first-order valence-electron chi connectivity index (χ1n) is 7.92. The predicted octanol–water partition coefficient (Wildman–Crippen LogP) is 2.11. The van der Waals surface area contributed by atoms with E-state index in [0.717, 1.165) is 17.9 Å². The first-order chi connectivity index (χ1) is 10.9. The number of aryl methyl sites for hydroxylation is 1. The molecule has 6 heteroatoms. The van der Waals surface area contributed by atoms with E-state index in [4.69, 9.17) is 17.2 Å². The predicted molar refractivity (Wildman–Crippen MR) is 99.9 cm³/mol. The third kappa shape index (κ3) is 8.11. The SMILES string of the molecule is CC.CC(C)(CN)CNc1ccccc1N.C[n+]1cc[nH]c1N. The second-order valence-corrected chi connectivity index (χ2v) is 5.77. The molecule has 1 aromatic carbocycles. The van der Waals surface area contributed by atoms with Crippen molar-refractivity contribution in [3.63, 3.8) is 0 Å². The number of imidazole rings is 1. The lowest BCUT2D eigenvalue weighted by molar-refractivity contribution is -0.655. The van der Waals surface area contributed by atoms with Gasteiger partial charge in [0.1, 0.15) is 0 Å². The summed E-state index contributed by atoms with van der Waals surface area (Å²) in [6, 6.07) is 7.75. The molecule has 0 saturated carbocycles. The molecule has 0 atom stereocenters. The number of aromatic amines is 1. The van der Waals surface area contributed by atoms with Crippen LogP contribution in [-0.4, -0.2) is 18.1 Å². The third-order valence-electron chi connectivity index (χ3n) is 3.18. The molecule has 6 nitrogen and oxygen atoms in total. The number of H-pyrrole nitrogens is 1. The van der Waals surface area contributed by atoms with Crippen molar-refractivity contribution in [2.24, 2.45) is 18.2 Å². The lowest BCUT2D eigenvalue weighted by atomic mass is 9.94. The van der Waals surface area contributed by atoms with Gasteiger partial charge in [-0.2, -0.15) is 0 Å². The van der Waals surface area contributed by atoms with Gasteiger partial charge in [-0.1, -0.05) is 39.8 Å². The Morgan fingerprint density at radius 1 is 1.17 bits per heavy atom. The summed E-state index contributed by atoms with van der Waals surface area (Å²) >= 11 is 0. The smallest absolute Gasteiger partial charge is 0.352 e. The van der Waals surface area contributed by atoms with Crippen LogP contribution in [0.5, 0.6) is 0 Å². The Labute approximate surface area is 140 Å². The zero-order chi connectivity index (χ0) is 17.9. The van der Waals surface area contributed by atoms with Crippen LogP contribution < -0.4 is 27.1 Å². The highest BCUT2D eigenvalue weighted by molar-refractivity contribution is 5.65. The second-order valence-electron chi connectivity index (χ2n) is 5.77. The summed E-state index contributed by atoms with van der Waals surface area (Å²) in [5.41, 5.74) is 18.6. The van der Waals surface area contributed by atoms with E-state index in [2.05, 4.69) is 24.1 Å². The zero-order valence-corrected chi connectivity index (χ0v) is 15.1. The van der Waals surface area contributed by atoms with E-state index in [1.807, 2.05) is 51.4 Å². The van der Waals surface area contributed by atoms with Gasteiger partial charge in [0.05, 0.1) is 30.8 Å². The Morgan fingerprint density at radius 2 is 1.78 bits per heavy atom. The molecular weight excluding hydrogens is 288 g/mol. The van der Waals surface area contributed by atoms with Crippen LogP contribution in [0.3, 0.4) is 0 Å². The largest absolute Gasteiger partial charge is 0.397 e. The van der Waals surface area contributed by atoms with Gasteiger partial charge in [0.15, 0.2) is 0 Å². The van der Waals surface area contributed by atoms with Gasteiger partial charge in [-0.15, -0.1) is 0 Å². The Balaban J connectivity index is 0.000000449. The van der Waals surface area contributed by atoms with Crippen LogP contribution in [-0.2, 0) is 7.05 Å². The molecular formula is C17H33N6+. The molecule has 0 aliphatic carbocycles. The number of nitrogens with two attached hydrogens (primary N) is 3. The van der Waals surface area contributed by atoms with E-state index < -0.39 is 0 Å². The van der Waals surface area contributed by atoms with E-state index in [9.17, 15) is 0 Å². The summed E-state index contributed by atoms with van der Waals surface area (Å²) in [4.78, 5) is 2.81. The standard InChI is InChI=1S/C11H19N3.C4H7N3.C2H6/c1-11(2,7-12)8-14-10-6-4-3-5-9(10)13;1-7-3-2-6-4(7)5;1-2/h3-6,14H,7-8,12-13H2,1-2H3;2-3H,1H3,(H2,5,6);1-2H3/p+1. The molecule has 0 aliphatic heterocycles. The molecule has 23 heavy (non-hydrogen) atoms. The van der Waals surface area contributed by atoms with Crippen LogP contribution in [0.4, 0.5) is 17.3 Å². The Kier molecular flexibility index (Phi) is 9.50. The van der Waals surface area contributed by atoms with Gasteiger partial charge >= 0.3 is 5.95 Å². The Hall–Kier alpha value is -2.21. The first kappa shape index (κ1) is 20.8. The maximum atomic E-state index is 5.80. The maximum absolute atomic E-state index is 5.80. The number of nitrogen functional groups attached to an aromatic ring is 2. The van der Waals surface area contributed by atoms with Crippen LogP contribution in [0.15, 0.2) is 36.7 Å². The van der Waals surface area contributed by atoms with E-state index in [1.54, 1.807) is 10.8 Å². The molecule has 2 aromatic rings. The summed E-state index contributed by atoms with van der Waals surface area (Å²) in [5.74, 6) is 0.681. The number of hydrogen-bond acceptors (Lipinski definition) is 4. The number of nitrogens with zero attached hydrogens (tertiary/aromatic N) is 1. The summed E-state index contributed by atoms with van der Waals surface area (Å²) in [6.07, 6.45) is 3.64. The summed E-state index contributed by atoms with van der Waals surface area (Å²) < 4.78 is 1.81. The van der Waals surface area contributed by atoms with Crippen LogP contribution in [0.2, 0.25) is 0 Å². The molecule has 1 aromatic heterocycles. The molecule has 1 heterocycles. The number of benzene rings is 1. The Bertz CT molecular complexity index is 531. The molecule has 8 N–H and O–H groups in total. The Morgan fingerprint density at radius 3 is 2.17 bits per heavy atom. The van der Waals surface area contributed by atoms with Crippen molar-refractivity contribution in [1.82, 2.24) is 4.98 Å². The molecule has 0 amide bonds. The van der Waals surface area contributed by atoms with Gasteiger partial charge in [0.2, 0.25) is 0 Å². The highest BCUT2D eigenvalue weighted by atomic mass is 15.1. The molecule has 130 valence electrons. The second kappa shape index (κ2) is 10.5. The van der Waals surface area contributed by atoms with Crippen molar-refractivity contribution in [3.8, 4) is 0 Å². The van der Waals surface area contributed by atoms with Gasteiger partial charge in [0.25, 0.3) is 0 Å². The average molecular weight is 321 g/mol.